The number of piperidine rings is 1. The number of likely N-dealkylation sites (tertiary alicyclic amines) is 1. The van der Waals surface area contributed by atoms with E-state index >= 15 is 0 Å². The number of nitrogens with two attached hydrogens (primary N) is 1. The van der Waals surface area contributed by atoms with E-state index in [2.05, 4.69) is 32.6 Å². The van der Waals surface area contributed by atoms with Crippen molar-refractivity contribution in [1.82, 2.24) is 4.90 Å². The molecule has 2 N–H and O–H groups in total. The molecule has 2 rings (SSSR count). The second-order valence-corrected chi connectivity index (χ2v) is 7.85. The molecule has 0 aromatic rings. The maximum absolute atomic E-state index is 6.28. The van der Waals surface area contributed by atoms with Crippen molar-refractivity contribution in [1.29, 1.82) is 0 Å². The second kappa shape index (κ2) is 6.33. The summed E-state index contributed by atoms with van der Waals surface area (Å²) < 4.78 is 5.65. The number of hydrogen-bond acceptors (Lipinski definition) is 3. The third kappa shape index (κ3) is 3.20. The summed E-state index contributed by atoms with van der Waals surface area (Å²) in [5.74, 6) is 2.08. The van der Waals surface area contributed by atoms with Gasteiger partial charge in [0.2, 0.25) is 0 Å². The van der Waals surface area contributed by atoms with E-state index in [0.717, 1.165) is 12.5 Å². The van der Waals surface area contributed by atoms with Crippen LogP contribution in [0.2, 0.25) is 0 Å². The molecule has 1 saturated carbocycles. The van der Waals surface area contributed by atoms with E-state index in [4.69, 9.17) is 10.5 Å². The summed E-state index contributed by atoms with van der Waals surface area (Å²) in [7, 11) is 1.86. The first-order valence-corrected chi connectivity index (χ1v) is 8.37. The van der Waals surface area contributed by atoms with Crippen molar-refractivity contribution in [2.24, 2.45) is 28.9 Å². The van der Waals surface area contributed by atoms with Crippen LogP contribution in [0, 0.1) is 23.2 Å². The molecule has 5 atom stereocenters. The third-order valence-electron chi connectivity index (χ3n) is 6.47. The van der Waals surface area contributed by atoms with Gasteiger partial charge in [0.1, 0.15) is 0 Å². The van der Waals surface area contributed by atoms with Crippen LogP contribution in [0.15, 0.2) is 0 Å². The first-order chi connectivity index (χ1) is 9.36. The van der Waals surface area contributed by atoms with Gasteiger partial charge in [-0.2, -0.15) is 0 Å². The predicted molar refractivity (Wildman–Crippen MR) is 84.7 cm³/mol. The van der Waals surface area contributed by atoms with Crippen molar-refractivity contribution < 1.29 is 4.74 Å². The summed E-state index contributed by atoms with van der Waals surface area (Å²) in [6.45, 7) is 13.0. The van der Waals surface area contributed by atoms with Crippen LogP contribution >= 0.6 is 0 Å². The standard InChI is InChI=1S/C17H34N2O/c1-12-8-9-19(11-16(12)20-5)10-14-6-7-15(18)13(2)17(14,3)4/h12-16H,6-11,18H2,1-5H3. The normalized spacial score (nSPS) is 42.6. The van der Waals surface area contributed by atoms with Gasteiger partial charge in [-0.15, -0.1) is 0 Å². The van der Waals surface area contributed by atoms with Gasteiger partial charge in [-0.1, -0.05) is 27.7 Å². The minimum Gasteiger partial charge on any atom is -0.380 e. The van der Waals surface area contributed by atoms with Crippen LogP contribution in [-0.2, 0) is 4.74 Å². The lowest BCUT2D eigenvalue weighted by atomic mass is 9.61. The molecule has 3 heteroatoms. The fraction of sp³-hybridized carbons (Fsp3) is 1.00. The van der Waals surface area contributed by atoms with Crippen LogP contribution in [0.1, 0.15) is 47.0 Å². The fourth-order valence-electron chi connectivity index (χ4n) is 4.15. The Kier molecular flexibility index (Phi) is 5.14. The fourth-order valence-corrected chi connectivity index (χ4v) is 4.15. The number of hydrogen-bond donors (Lipinski definition) is 1. The van der Waals surface area contributed by atoms with Gasteiger partial charge in [0, 0.05) is 26.2 Å². The zero-order valence-electron chi connectivity index (χ0n) is 14.1. The van der Waals surface area contributed by atoms with E-state index in [1.54, 1.807) is 0 Å². The van der Waals surface area contributed by atoms with Crippen molar-refractivity contribution in [3.8, 4) is 0 Å². The van der Waals surface area contributed by atoms with Crippen LogP contribution < -0.4 is 5.73 Å². The highest BCUT2D eigenvalue weighted by atomic mass is 16.5. The molecule has 1 aliphatic heterocycles. The van der Waals surface area contributed by atoms with Gasteiger partial charge in [-0.3, -0.25) is 0 Å². The van der Waals surface area contributed by atoms with Crippen molar-refractivity contribution in [2.75, 3.05) is 26.7 Å². The highest BCUT2D eigenvalue weighted by Gasteiger charge is 2.42. The Labute approximate surface area is 125 Å². The van der Waals surface area contributed by atoms with E-state index in [-0.39, 0.29) is 0 Å². The van der Waals surface area contributed by atoms with Gasteiger partial charge >= 0.3 is 0 Å². The maximum Gasteiger partial charge on any atom is 0.0724 e. The number of ether oxygens (including phenoxy) is 1. The average Bonchev–Trinajstić information content (AvgIpc) is 2.42. The van der Waals surface area contributed by atoms with E-state index in [9.17, 15) is 0 Å². The summed E-state index contributed by atoms with van der Waals surface area (Å²) in [5, 5.41) is 0. The first-order valence-electron chi connectivity index (χ1n) is 8.37. The molecule has 0 bridgehead atoms. The quantitative estimate of drug-likeness (QED) is 0.865. The summed E-state index contributed by atoms with van der Waals surface area (Å²) >= 11 is 0. The zero-order valence-corrected chi connectivity index (χ0v) is 14.1. The average molecular weight is 282 g/mol. The number of rotatable bonds is 3. The minimum atomic E-state index is 0.350. The lowest BCUT2D eigenvalue weighted by molar-refractivity contribution is -0.0303. The van der Waals surface area contributed by atoms with Crippen LogP contribution in [0.5, 0.6) is 0 Å². The summed E-state index contributed by atoms with van der Waals surface area (Å²) in [6.07, 6.45) is 4.14. The molecule has 5 unspecified atom stereocenters. The van der Waals surface area contributed by atoms with E-state index < -0.39 is 0 Å². The Bertz CT molecular complexity index is 318. The van der Waals surface area contributed by atoms with Crippen molar-refractivity contribution in [3.05, 3.63) is 0 Å². The lowest BCUT2D eigenvalue weighted by Crippen LogP contribution is -2.52. The molecule has 0 radical (unpaired) electrons. The third-order valence-corrected chi connectivity index (χ3v) is 6.47. The second-order valence-electron chi connectivity index (χ2n) is 7.85. The highest BCUT2D eigenvalue weighted by molar-refractivity contribution is 4.95. The topological polar surface area (TPSA) is 38.5 Å². The molecule has 0 aromatic carbocycles. The zero-order chi connectivity index (χ0) is 14.9. The monoisotopic (exact) mass is 282 g/mol. The van der Waals surface area contributed by atoms with Gasteiger partial charge in [-0.25, -0.2) is 0 Å². The lowest BCUT2D eigenvalue weighted by Gasteiger charge is -2.49. The van der Waals surface area contributed by atoms with Crippen molar-refractivity contribution in [2.45, 2.75) is 59.1 Å². The Morgan fingerprint density at radius 3 is 2.55 bits per heavy atom. The first kappa shape index (κ1) is 16.3. The molecule has 2 aliphatic rings. The molecule has 2 fully saturated rings. The molecule has 20 heavy (non-hydrogen) atoms. The molecule has 0 aromatic heterocycles. The minimum absolute atomic E-state index is 0.350. The summed E-state index contributed by atoms with van der Waals surface area (Å²) in [6, 6.07) is 0.384. The molecule has 3 nitrogen and oxygen atoms in total. The van der Waals surface area contributed by atoms with Gasteiger partial charge in [-0.05, 0) is 49.0 Å². The molecule has 118 valence electrons. The molecule has 1 aliphatic carbocycles. The summed E-state index contributed by atoms with van der Waals surface area (Å²) in [5.41, 5.74) is 6.63. The Hall–Kier alpha value is -0.120. The Morgan fingerprint density at radius 1 is 1.20 bits per heavy atom. The molecule has 0 amide bonds. The van der Waals surface area contributed by atoms with Crippen molar-refractivity contribution in [3.63, 3.8) is 0 Å². The van der Waals surface area contributed by atoms with E-state index in [0.29, 0.717) is 29.4 Å². The van der Waals surface area contributed by atoms with Crippen LogP contribution in [0.4, 0.5) is 0 Å². The summed E-state index contributed by atoms with van der Waals surface area (Å²) in [4.78, 5) is 2.63. The van der Waals surface area contributed by atoms with Crippen LogP contribution in [0.3, 0.4) is 0 Å². The van der Waals surface area contributed by atoms with Crippen molar-refractivity contribution >= 4 is 0 Å². The molecule has 1 saturated heterocycles. The molecular weight excluding hydrogens is 248 g/mol. The van der Waals surface area contributed by atoms with Gasteiger partial charge in [0.05, 0.1) is 6.10 Å². The van der Waals surface area contributed by atoms with Gasteiger partial charge in [0.15, 0.2) is 0 Å². The number of nitrogens with zero attached hydrogens (tertiary/aromatic N) is 1. The molecule has 0 spiro atoms. The smallest absolute Gasteiger partial charge is 0.0724 e. The van der Waals surface area contributed by atoms with Crippen LogP contribution in [-0.4, -0.2) is 43.8 Å². The van der Waals surface area contributed by atoms with E-state index in [1.807, 2.05) is 7.11 Å². The highest BCUT2D eigenvalue weighted by Crippen LogP contribution is 2.44. The van der Waals surface area contributed by atoms with E-state index in [1.165, 1.54) is 32.4 Å². The largest absolute Gasteiger partial charge is 0.380 e. The molecular formula is C17H34N2O. The Morgan fingerprint density at radius 2 is 1.90 bits per heavy atom. The SMILES string of the molecule is COC1CN(CC2CCC(N)C(C)C2(C)C)CCC1C. The number of methoxy groups -OCH3 is 1. The Balaban J connectivity index is 1.96. The molecule has 1 heterocycles. The van der Waals surface area contributed by atoms with Crippen LogP contribution in [0.25, 0.3) is 0 Å². The van der Waals surface area contributed by atoms with Gasteiger partial charge in [0.25, 0.3) is 0 Å². The predicted octanol–water partition coefficient (Wildman–Crippen LogP) is 2.74. The maximum atomic E-state index is 6.28. The van der Waals surface area contributed by atoms with Gasteiger partial charge < -0.3 is 15.4 Å².